The molecule has 0 fully saturated rings. The molecule has 3 aromatic carbocycles. The maximum absolute atomic E-state index is 12.3. The van der Waals surface area contributed by atoms with E-state index < -0.39 is 0 Å². The number of carbonyl (C=O) groups is 1. The van der Waals surface area contributed by atoms with Gasteiger partial charge in [-0.05, 0) is 31.2 Å². The van der Waals surface area contributed by atoms with Gasteiger partial charge in [0.2, 0.25) is 11.0 Å². The van der Waals surface area contributed by atoms with Crippen LogP contribution in [0.2, 0.25) is 0 Å². The molecular weight excluding hydrogens is 324 g/mol. The van der Waals surface area contributed by atoms with Crippen LogP contribution in [-0.2, 0) is 4.74 Å². The van der Waals surface area contributed by atoms with Crippen molar-refractivity contribution >= 4 is 39.1 Å². The Morgan fingerprint density at radius 2 is 1.46 bits per heavy atom. The number of para-hydroxylation sites is 3. The molecule has 128 valence electrons. The normalized spacial score (nSPS) is 10.8. The summed E-state index contributed by atoms with van der Waals surface area (Å²) in [5, 5.41) is 5.60. The van der Waals surface area contributed by atoms with Gasteiger partial charge in [0.15, 0.2) is 0 Å². The van der Waals surface area contributed by atoms with E-state index >= 15 is 0 Å². The van der Waals surface area contributed by atoms with Crippen molar-refractivity contribution < 1.29 is 14.5 Å². The summed E-state index contributed by atoms with van der Waals surface area (Å²) < 4.78 is 5.20. The maximum Gasteiger partial charge on any atom is 0.340 e. The number of aromatic amines is 1. The fourth-order valence-electron chi connectivity index (χ4n) is 3.16. The number of ether oxygens (including phenoxy) is 1. The summed E-state index contributed by atoms with van der Waals surface area (Å²) in [5.41, 5.74) is 4.28. The van der Waals surface area contributed by atoms with E-state index in [1.165, 1.54) is 0 Å². The number of pyridine rings is 1. The summed E-state index contributed by atoms with van der Waals surface area (Å²) in [7, 11) is 0. The minimum atomic E-state index is -0.327. The Morgan fingerprint density at radius 1 is 0.885 bits per heavy atom. The van der Waals surface area contributed by atoms with Gasteiger partial charge in [-0.1, -0.05) is 36.4 Å². The summed E-state index contributed by atoms with van der Waals surface area (Å²) in [4.78, 5) is 15.8. The number of carbonyl (C=O) groups excluding carboxylic acids is 1. The van der Waals surface area contributed by atoms with Gasteiger partial charge in [0.05, 0.1) is 34.3 Å². The van der Waals surface area contributed by atoms with Crippen molar-refractivity contribution in [2.45, 2.75) is 6.92 Å². The van der Waals surface area contributed by atoms with Crippen LogP contribution in [0.25, 0.3) is 21.8 Å². The minimum absolute atomic E-state index is 0.327. The van der Waals surface area contributed by atoms with Gasteiger partial charge < -0.3 is 10.1 Å². The fourth-order valence-corrected chi connectivity index (χ4v) is 3.16. The Hall–Kier alpha value is -3.40. The number of H-pyrrole nitrogens is 1. The first-order valence-electron chi connectivity index (χ1n) is 8.64. The van der Waals surface area contributed by atoms with Crippen LogP contribution in [0.15, 0.2) is 72.8 Å². The van der Waals surface area contributed by atoms with Crippen LogP contribution in [0, 0.1) is 0 Å². The second-order valence-electron chi connectivity index (χ2n) is 5.98. The van der Waals surface area contributed by atoms with Crippen LogP contribution in [0.5, 0.6) is 0 Å². The first-order chi connectivity index (χ1) is 12.8. The van der Waals surface area contributed by atoms with E-state index in [-0.39, 0.29) is 5.97 Å². The van der Waals surface area contributed by atoms with Crippen molar-refractivity contribution in [3.8, 4) is 0 Å². The molecule has 0 aliphatic rings. The van der Waals surface area contributed by atoms with Crippen LogP contribution in [0.4, 0.5) is 11.4 Å². The number of aromatic nitrogens is 1. The van der Waals surface area contributed by atoms with Gasteiger partial charge >= 0.3 is 5.97 Å². The van der Waals surface area contributed by atoms with Gasteiger partial charge in [-0.25, -0.2) is 9.78 Å². The second-order valence-corrected chi connectivity index (χ2v) is 5.98. The molecule has 26 heavy (non-hydrogen) atoms. The standard InChI is InChI=1S/C22H18N2O2/c1-2-26-22(25)17-11-5-8-14-20(17)24-21-15-9-3-6-12-18(15)23-19-13-7-4-10-16(19)21/h3-14H,2H2,1H3,(H,23,24)/p+1. The average Bonchev–Trinajstić information content (AvgIpc) is 2.68. The van der Waals surface area contributed by atoms with E-state index in [9.17, 15) is 4.79 Å². The molecule has 0 amide bonds. The Kier molecular flexibility index (Phi) is 4.23. The molecule has 0 saturated heterocycles. The largest absolute Gasteiger partial charge is 0.462 e. The predicted octanol–water partition coefficient (Wildman–Crippen LogP) is 4.73. The number of nitrogens with one attached hydrogen (secondary N) is 2. The van der Waals surface area contributed by atoms with Gasteiger partial charge in [0.25, 0.3) is 0 Å². The third-order valence-corrected chi connectivity index (χ3v) is 4.34. The second kappa shape index (κ2) is 6.84. The van der Waals surface area contributed by atoms with Gasteiger partial charge in [-0.2, -0.15) is 0 Å². The molecule has 1 heterocycles. The molecule has 0 saturated carbocycles. The highest BCUT2D eigenvalue weighted by molar-refractivity contribution is 6.07. The molecule has 0 radical (unpaired) electrons. The molecule has 0 unspecified atom stereocenters. The van der Waals surface area contributed by atoms with Crippen LogP contribution in [0.3, 0.4) is 0 Å². The third kappa shape index (κ3) is 2.86. The van der Waals surface area contributed by atoms with E-state index in [1.54, 1.807) is 6.07 Å². The molecule has 1 aromatic heterocycles. The highest BCUT2D eigenvalue weighted by atomic mass is 16.5. The van der Waals surface area contributed by atoms with Gasteiger partial charge in [-0.15, -0.1) is 0 Å². The number of rotatable bonds is 4. The van der Waals surface area contributed by atoms with Crippen LogP contribution < -0.4 is 10.3 Å². The van der Waals surface area contributed by atoms with Crippen LogP contribution in [0.1, 0.15) is 17.3 Å². The highest BCUT2D eigenvalue weighted by Crippen LogP contribution is 2.32. The lowest BCUT2D eigenvalue weighted by Gasteiger charge is -2.13. The summed E-state index contributed by atoms with van der Waals surface area (Å²) >= 11 is 0. The van der Waals surface area contributed by atoms with E-state index in [0.717, 1.165) is 33.2 Å². The van der Waals surface area contributed by atoms with Crippen LogP contribution >= 0.6 is 0 Å². The molecule has 2 N–H and O–H groups in total. The lowest BCUT2D eigenvalue weighted by atomic mass is 10.1. The van der Waals surface area contributed by atoms with E-state index in [2.05, 4.69) is 22.4 Å². The highest BCUT2D eigenvalue weighted by Gasteiger charge is 2.17. The summed E-state index contributed by atoms with van der Waals surface area (Å²) in [5.74, 6) is -0.327. The molecule has 4 heteroatoms. The van der Waals surface area contributed by atoms with Crippen molar-refractivity contribution in [1.29, 1.82) is 0 Å². The predicted molar refractivity (Wildman–Crippen MR) is 104 cm³/mol. The number of esters is 1. The summed E-state index contributed by atoms with van der Waals surface area (Å²) in [6.45, 7) is 2.15. The van der Waals surface area contributed by atoms with E-state index in [0.29, 0.717) is 12.2 Å². The smallest absolute Gasteiger partial charge is 0.340 e. The molecule has 4 nitrogen and oxygen atoms in total. The Labute approximate surface area is 151 Å². The zero-order valence-corrected chi connectivity index (χ0v) is 14.5. The topological polar surface area (TPSA) is 52.5 Å². The van der Waals surface area contributed by atoms with E-state index in [1.807, 2.05) is 61.5 Å². The molecule has 0 bridgehead atoms. The number of anilines is 2. The van der Waals surface area contributed by atoms with Crippen molar-refractivity contribution in [1.82, 2.24) is 0 Å². The maximum atomic E-state index is 12.3. The number of fused-ring (bicyclic) bond motifs is 2. The molecule has 0 atom stereocenters. The zero-order chi connectivity index (χ0) is 17.9. The van der Waals surface area contributed by atoms with Gasteiger partial charge in [0, 0.05) is 12.1 Å². The molecule has 0 aliphatic heterocycles. The van der Waals surface area contributed by atoms with Gasteiger partial charge in [0.1, 0.15) is 0 Å². The van der Waals surface area contributed by atoms with Crippen molar-refractivity contribution in [3.63, 3.8) is 0 Å². The fraction of sp³-hybridized carbons (Fsp3) is 0.0909. The van der Waals surface area contributed by atoms with Gasteiger partial charge in [-0.3, -0.25) is 0 Å². The Bertz CT molecular complexity index is 1050. The minimum Gasteiger partial charge on any atom is -0.462 e. The van der Waals surface area contributed by atoms with Crippen molar-refractivity contribution in [2.75, 3.05) is 11.9 Å². The Balaban J connectivity index is 1.91. The molecular formula is C22H19N2O2+. The monoisotopic (exact) mass is 343 g/mol. The summed E-state index contributed by atoms with van der Waals surface area (Å²) in [6, 6.07) is 23.7. The zero-order valence-electron chi connectivity index (χ0n) is 14.5. The lowest BCUT2D eigenvalue weighted by Crippen LogP contribution is -2.10. The lowest BCUT2D eigenvalue weighted by molar-refractivity contribution is -0.310. The number of hydrogen-bond acceptors (Lipinski definition) is 3. The molecule has 4 rings (SSSR count). The first kappa shape index (κ1) is 16.1. The SMILES string of the molecule is CCOC(=O)c1ccccc1Nc1c2ccccc2[nH+]c2ccccc12. The molecule has 0 aliphatic carbocycles. The molecule has 4 aromatic rings. The number of hydrogen-bond donors (Lipinski definition) is 1. The Morgan fingerprint density at radius 3 is 2.12 bits per heavy atom. The summed E-state index contributed by atoms with van der Waals surface area (Å²) in [6.07, 6.45) is 0. The van der Waals surface area contributed by atoms with Crippen molar-refractivity contribution in [3.05, 3.63) is 78.4 Å². The average molecular weight is 343 g/mol. The quantitative estimate of drug-likeness (QED) is 0.431. The first-order valence-corrected chi connectivity index (χ1v) is 8.64. The van der Waals surface area contributed by atoms with Crippen molar-refractivity contribution in [2.24, 2.45) is 0 Å². The van der Waals surface area contributed by atoms with Crippen LogP contribution in [-0.4, -0.2) is 12.6 Å². The number of benzene rings is 3. The van der Waals surface area contributed by atoms with E-state index in [4.69, 9.17) is 4.74 Å². The third-order valence-electron chi connectivity index (χ3n) is 4.34. The molecule has 0 spiro atoms.